The summed E-state index contributed by atoms with van der Waals surface area (Å²) in [5.74, 6) is 0. The third-order valence-electron chi connectivity index (χ3n) is 2.21. The van der Waals surface area contributed by atoms with Gasteiger partial charge in [-0.3, -0.25) is 10.1 Å². The zero-order valence-corrected chi connectivity index (χ0v) is 8.18. The van der Waals surface area contributed by atoms with Crippen LogP contribution in [0.1, 0.15) is 5.69 Å². The lowest BCUT2D eigenvalue weighted by Crippen LogP contribution is -1.86. The minimum Gasteiger partial charge on any atom is -0.353 e. The number of nitriles is 1. The second kappa shape index (κ2) is 3.87. The number of aromatic amines is 1. The number of nitro benzene ring substituents is 1. The van der Waals surface area contributed by atoms with Crippen molar-refractivity contribution in [2.45, 2.75) is 0 Å². The van der Waals surface area contributed by atoms with Crippen molar-refractivity contribution in [3.63, 3.8) is 0 Å². The SMILES string of the molecule is N#Cc1cc(-c2ccc([N+](=O)[O-])cc2)c[nH]1. The number of nitrogens with zero attached hydrogens (tertiary/aromatic N) is 2. The summed E-state index contributed by atoms with van der Waals surface area (Å²) >= 11 is 0. The van der Waals surface area contributed by atoms with Gasteiger partial charge in [0.15, 0.2) is 0 Å². The van der Waals surface area contributed by atoms with Crippen LogP contribution in [0, 0.1) is 21.4 Å². The van der Waals surface area contributed by atoms with Gasteiger partial charge in [0.25, 0.3) is 5.69 Å². The van der Waals surface area contributed by atoms with E-state index in [0.717, 1.165) is 11.1 Å². The first-order chi connectivity index (χ1) is 7.70. The van der Waals surface area contributed by atoms with E-state index in [0.29, 0.717) is 5.69 Å². The molecule has 2 rings (SSSR count). The maximum Gasteiger partial charge on any atom is 0.269 e. The first kappa shape index (κ1) is 9.93. The van der Waals surface area contributed by atoms with Crippen molar-refractivity contribution >= 4 is 5.69 Å². The monoisotopic (exact) mass is 213 g/mol. The van der Waals surface area contributed by atoms with Crippen molar-refractivity contribution in [3.8, 4) is 17.2 Å². The van der Waals surface area contributed by atoms with Crippen LogP contribution in [0.15, 0.2) is 36.5 Å². The van der Waals surface area contributed by atoms with E-state index in [4.69, 9.17) is 5.26 Å². The number of rotatable bonds is 2. The Bertz CT molecular complexity index is 564. The number of nitro groups is 1. The van der Waals surface area contributed by atoms with E-state index < -0.39 is 4.92 Å². The zero-order chi connectivity index (χ0) is 11.5. The molecule has 0 saturated heterocycles. The normalized spacial score (nSPS) is 9.69. The summed E-state index contributed by atoms with van der Waals surface area (Å²) in [5, 5.41) is 19.1. The van der Waals surface area contributed by atoms with Crippen LogP contribution in [0.25, 0.3) is 11.1 Å². The van der Waals surface area contributed by atoms with E-state index in [-0.39, 0.29) is 5.69 Å². The topological polar surface area (TPSA) is 82.7 Å². The molecular weight excluding hydrogens is 206 g/mol. The fourth-order valence-corrected chi connectivity index (χ4v) is 1.40. The number of non-ortho nitro benzene ring substituents is 1. The Hall–Kier alpha value is -2.61. The molecule has 0 atom stereocenters. The molecular formula is C11H7N3O2. The molecule has 16 heavy (non-hydrogen) atoms. The highest BCUT2D eigenvalue weighted by Crippen LogP contribution is 2.22. The van der Waals surface area contributed by atoms with E-state index in [9.17, 15) is 10.1 Å². The molecule has 2 aromatic rings. The lowest BCUT2D eigenvalue weighted by Gasteiger charge is -1.96. The van der Waals surface area contributed by atoms with Gasteiger partial charge >= 0.3 is 0 Å². The second-order valence-corrected chi connectivity index (χ2v) is 3.22. The average molecular weight is 213 g/mol. The van der Waals surface area contributed by atoms with Gasteiger partial charge in [0.2, 0.25) is 0 Å². The molecule has 1 N–H and O–H groups in total. The molecule has 0 spiro atoms. The highest BCUT2D eigenvalue weighted by molar-refractivity contribution is 5.65. The quantitative estimate of drug-likeness (QED) is 0.614. The number of hydrogen-bond donors (Lipinski definition) is 1. The van der Waals surface area contributed by atoms with Crippen molar-refractivity contribution < 1.29 is 4.92 Å². The van der Waals surface area contributed by atoms with Gasteiger partial charge in [-0.15, -0.1) is 0 Å². The van der Waals surface area contributed by atoms with Gasteiger partial charge in [0.05, 0.1) is 4.92 Å². The van der Waals surface area contributed by atoms with Crippen LogP contribution < -0.4 is 0 Å². The highest BCUT2D eigenvalue weighted by Gasteiger charge is 2.06. The maximum absolute atomic E-state index is 10.5. The molecule has 0 aliphatic carbocycles. The Morgan fingerprint density at radius 1 is 1.25 bits per heavy atom. The lowest BCUT2D eigenvalue weighted by atomic mass is 10.1. The maximum atomic E-state index is 10.5. The van der Waals surface area contributed by atoms with Gasteiger partial charge in [0, 0.05) is 23.9 Å². The van der Waals surface area contributed by atoms with Crippen molar-refractivity contribution in [2.24, 2.45) is 0 Å². The first-order valence-corrected chi connectivity index (χ1v) is 4.54. The van der Waals surface area contributed by atoms with E-state index in [1.54, 1.807) is 24.4 Å². The molecule has 0 fully saturated rings. The van der Waals surface area contributed by atoms with Crippen molar-refractivity contribution in [1.29, 1.82) is 5.26 Å². The largest absolute Gasteiger partial charge is 0.353 e. The van der Waals surface area contributed by atoms with Crippen LogP contribution in [0.5, 0.6) is 0 Å². The Morgan fingerprint density at radius 2 is 1.94 bits per heavy atom. The summed E-state index contributed by atoms with van der Waals surface area (Å²) in [7, 11) is 0. The Kier molecular flexibility index (Phi) is 2.40. The van der Waals surface area contributed by atoms with Gasteiger partial charge < -0.3 is 4.98 Å². The van der Waals surface area contributed by atoms with Gasteiger partial charge in [-0.05, 0) is 23.8 Å². The molecule has 1 aromatic heterocycles. The smallest absolute Gasteiger partial charge is 0.269 e. The molecule has 78 valence electrons. The number of nitrogens with one attached hydrogen (secondary N) is 1. The number of H-pyrrole nitrogens is 1. The third kappa shape index (κ3) is 1.77. The average Bonchev–Trinajstić information content (AvgIpc) is 2.77. The number of aromatic nitrogens is 1. The van der Waals surface area contributed by atoms with Crippen LogP contribution in [0.3, 0.4) is 0 Å². The van der Waals surface area contributed by atoms with E-state index in [1.165, 1.54) is 12.1 Å². The molecule has 5 heteroatoms. The standard InChI is InChI=1S/C11H7N3O2/c12-6-10-5-9(7-13-10)8-1-3-11(4-2-8)14(15)16/h1-5,7,13H. The Morgan fingerprint density at radius 3 is 2.44 bits per heavy atom. The predicted molar refractivity (Wildman–Crippen MR) is 57.6 cm³/mol. The van der Waals surface area contributed by atoms with Gasteiger partial charge in [-0.1, -0.05) is 0 Å². The summed E-state index contributed by atoms with van der Waals surface area (Å²) in [4.78, 5) is 12.8. The number of benzene rings is 1. The van der Waals surface area contributed by atoms with Crippen molar-refractivity contribution in [3.05, 3.63) is 52.3 Å². The third-order valence-corrected chi connectivity index (χ3v) is 2.21. The number of hydrogen-bond acceptors (Lipinski definition) is 3. The summed E-state index contributed by atoms with van der Waals surface area (Å²) in [6, 6.07) is 9.87. The van der Waals surface area contributed by atoms with Crippen LogP contribution >= 0.6 is 0 Å². The van der Waals surface area contributed by atoms with Crippen molar-refractivity contribution in [1.82, 2.24) is 4.98 Å². The minimum atomic E-state index is -0.443. The van der Waals surface area contributed by atoms with Gasteiger partial charge in [-0.25, -0.2) is 0 Å². The van der Waals surface area contributed by atoms with E-state index in [1.807, 2.05) is 6.07 Å². The highest BCUT2D eigenvalue weighted by atomic mass is 16.6. The molecule has 1 heterocycles. The summed E-state index contributed by atoms with van der Waals surface area (Å²) in [6.07, 6.45) is 1.69. The fourth-order valence-electron chi connectivity index (χ4n) is 1.40. The minimum absolute atomic E-state index is 0.0554. The molecule has 0 unspecified atom stereocenters. The first-order valence-electron chi connectivity index (χ1n) is 4.54. The molecule has 0 radical (unpaired) electrons. The van der Waals surface area contributed by atoms with Crippen LogP contribution in [0.2, 0.25) is 0 Å². The van der Waals surface area contributed by atoms with E-state index >= 15 is 0 Å². The van der Waals surface area contributed by atoms with E-state index in [2.05, 4.69) is 4.98 Å². The molecule has 0 amide bonds. The summed E-state index contributed by atoms with van der Waals surface area (Å²) < 4.78 is 0. The summed E-state index contributed by atoms with van der Waals surface area (Å²) in [5.41, 5.74) is 2.20. The van der Waals surface area contributed by atoms with Gasteiger partial charge in [-0.2, -0.15) is 5.26 Å². The lowest BCUT2D eigenvalue weighted by molar-refractivity contribution is -0.384. The molecule has 5 nitrogen and oxygen atoms in total. The molecule has 0 aliphatic heterocycles. The van der Waals surface area contributed by atoms with Crippen LogP contribution in [0.4, 0.5) is 5.69 Å². The fraction of sp³-hybridized carbons (Fsp3) is 0. The molecule has 0 bridgehead atoms. The van der Waals surface area contributed by atoms with Crippen molar-refractivity contribution in [2.75, 3.05) is 0 Å². The zero-order valence-electron chi connectivity index (χ0n) is 8.18. The second-order valence-electron chi connectivity index (χ2n) is 3.22. The molecule has 1 aromatic carbocycles. The summed E-state index contributed by atoms with van der Waals surface area (Å²) in [6.45, 7) is 0. The van der Waals surface area contributed by atoms with Crippen LogP contribution in [-0.4, -0.2) is 9.91 Å². The van der Waals surface area contributed by atoms with Crippen LogP contribution in [-0.2, 0) is 0 Å². The molecule has 0 saturated carbocycles. The Balaban J connectivity index is 2.35. The van der Waals surface area contributed by atoms with Gasteiger partial charge in [0.1, 0.15) is 11.8 Å². The predicted octanol–water partition coefficient (Wildman–Crippen LogP) is 2.46. The Labute approximate surface area is 91.1 Å². The molecule has 0 aliphatic rings.